The summed E-state index contributed by atoms with van der Waals surface area (Å²) in [6, 6.07) is 7.66. The fourth-order valence-corrected chi connectivity index (χ4v) is 4.04. The predicted octanol–water partition coefficient (Wildman–Crippen LogP) is 2.45. The molecule has 1 saturated carbocycles. The van der Waals surface area contributed by atoms with Gasteiger partial charge in [-0.05, 0) is 38.8 Å². The van der Waals surface area contributed by atoms with Gasteiger partial charge in [0.1, 0.15) is 34.5 Å². The van der Waals surface area contributed by atoms with Crippen LogP contribution in [0.1, 0.15) is 38.4 Å². The van der Waals surface area contributed by atoms with Crippen LogP contribution in [0.15, 0.2) is 35.4 Å². The van der Waals surface area contributed by atoms with E-state index in [0.717, 1.165) is 28.6 Å². The first-order chi connectivity index (χ1) is 14.0. The van der Waals surface area contributed by atoms with Crippen LogP contribution < -0.4 is 5.56 Å². The third-order valence-corrected chi connectivity index (χ3v) is 5.62. The summed E-state index contributed by atoms with van der Waals surface area (Å²) < 4.78 is 10.3. The van der Waals surface area contributed by atoms with Crippen molar-refractivity contribution in [2.24, 2.45) is 0 Å². The molecule has 3 heterocycles. The normalized spacial score (nSPS) is 15.3. The minimum Gasteiger partial charge on any atom is -0.372 e. The quantitative estimate of drug-likeness (QED) is 0.531. The number of nitriles is 1. The van der Waals surface area contributed by atoms with Gasteiger partial charge >= 0.3 is 0 Å². The molecule has 1 aliphatic rings. The molecule has 146 valence electrons. The molecule has 9 heteroatoms. The number of benzene rings is 1. The molecule has 0 aliphatic heterocycles. The SMILES string of the molecule is COC1(c2nnn(C#N)c2-c2ncn3c2c(=O)n(C(C)C)c2ccccc23)CC1. The molecule has 0 radical (unpaired) electrons. The Kier molecular flexibility index (Phi) is 3.63. The topological polar surface area (TPSA) is 103 Å². The van der Waals surface area contributed by atoms with Gasteiger partial charge in [-0.2, -0.15) is 5.26 Å². The monoisotopic (exact) mass is 389 g/mol. The molecule has 1 fully saturated rings. The number of imidazole rings is 1. The molecular weight excluding hydrogens is 370 g/mol. The first-order valence-electron chi connectivity index (χ1n) is 9.44. The largest absolute Gasteiger partial charge is 0.372 e. The average Bonchev–Trinajstić information content (AvgIpc) is 3.19. The maximum Gasteiger partial charge on any atom is 0.277 e. The second-order valence-electron chi connectivity index (χ2n) is 7.57. The van der Waals surface area contributed by atoms with Crippen LogP contribution in [0, 0.1) is 11.5 Å². The second-order valence-corrected chi connectivity index (χ2v) is 7.57. The second kappa shape index (κ2) is 5.99. The zero-order valence-electron chi connectivity index (χ0n) is 16.3. The molecule has 0 amide bonds. The fraction of sp³-hybridized carbons (Fsp3) is 0.350. The Labute approximate surface area is 165 Å². The van der Waals surface area contributed by atoms with Crippen LogP contribution in [0.5, 0.6) is 0 Å². The van der Waals surface area contributed by atoms with Gasteiger partial charge in [0.25, 0.3) is 5.56 Å². The van der Waals surface area contributed by atoms with Gasteiger partial charge < -0.3 is 9.30 Å². The summed E-state index contributed by atoms with van der Waals surface area (Å²) in [7, 11) is 1.62. The van der Waals surface area contributed by atoms with E-state index in [-0.39, 0.29) is 11.6 Å². The van der Waals surface area contributed by atoms with Crippen LogP contribution in [0.3, 0.4) is 0 Å². The smallest absolute Gasteiger partial charge is 0.277 e. The molecule has 4 aromatic rings. The summed E-state index contributed by atoms with van der Waals surface area (Å²) in [4.78, 5) is 18.1. The molecule has 0 saturated heterocycles. The number of nitrogens with zero attached hydrogens (tertiary/aromatic N) is 7. The highest BCUT2D eigenvalue weighted by atomic mass is 16.5. The molecule has 29 heavy (non-hydrogen) atoms. The van der Waals surface area contributed by atoms with Crippen LogP contribution in [-0.4, -0.2) is 36.1 Å². The average molecular weight is 389 g/mol. The van der Waals surface area contributed by atoms with Gasteiger partial charge in [0, 0.05) is 13.2 Å². The molecule has 0 unspecified atom stereocenters. The summed E-state index contributed by atoms with van der Waals surface area (Å²) in [5.74, 6) is 0. The van der Waals surface area contributed by atoms with Crippen molar-refractivity contribution in [3.63, 3.8) is 0 Å². The standard InChI is InChI=1S/C20H19N7O2/c1-12(2)27-14-7-5-4-6-13(14)25-11-22-15(17(25)19(27)28)16-18(20(29-3)8-9-20)23-24-26(16)10-21/h4-7,11-12H,8-9H2,1-3H3. The lowest BCUT2D eigenvalue weighted by atomic mass is 10.1. The molecule has 0 N–H and O–H groups in total. The first kappa shape index (κ1) is 17.6. The van der Waals surface area contributed by atoms with Gasteiger partial charge in [0.15, 0.2) is 0 Å². The Balaban J connectivity index is 1.92. The number of fused-ring (bicyclic) bond motifs is 3. The summed E-state index contributed by atoms with van der Waals surface area (Å²) >= 11 is 0. The predicted molar refractivity (Wildman–Crippen MR) is 105 cm³/mol. The van der Waals surface area contributed by atoms with Crippen molar-refractivity contribution < 1.29 is 4.74 Å². The lowest BCUT2D eigenvalue weighted by Crippen LogP contribution is -2.25. The fourth-order valence-electron chi connectivity index (χ4n) is 4.04. The maximum atomic E-state index is 13.5. The molecular formula is C20H19N7O2. The van der Waals surface area contributed by atoms with Gasteiger partial charge in [-0.1, -0.05) is 17.3 Å². The highest BCUT2D eigenvalue weighted by Gasteiger charge is 2.50. The van der Waals surface area contributed by atoms with E-state index in [0.29, 0.717) is 22.6 Å². The molecule has 5 rings (SSSR count). The Morgan fingerprint density at radius 1 is 1.24 bits per heavy atom. The van der Waals surface area contributed by atoms with Crippen LogP contribution in [0.25, 0.3) is 27.9 Å². The molecule has 1 aromatic carbocycles. The van der Waals surface area contributed by atoms with Crippen molar-refractivity contribution >= 4 is 16.6 Å². The summed E-state index contributed by atoms with van der Waals surface area (Å²) in [6.07, 6.45) is 5.20. The number of hydrogen-bond acceptors (Lipinski definition) is 6. The third kappa shape index (κ3) is 2.29. The van der Waals surface area contributed by atoms with Crippen LogP contribution in [-0.2, 0) is 10.3 Å². The summed E-state index contributed by atoms with van der Waals surface area (Å²) in [6.45, 7) is 3.94. The van der Waals surface area contributed by atoms with E-state index in [4.69, 9.17) is 4.74 Å². The zero-order valence-corrected chi connectivity index (χ0v) is 16.3. The maximum absolute atomic E-state index is 13.5. The van der Waals surface area contributed by atoms with Crippen molar-refractivity contribution in [1.82, 2.24) is 28.9 Å². The summed E-state index contributed by atoms with van der Waals surface area (Å²) in [5, 5.41) is 17.8. The Morgan fingerprint density at radius 2 is 1.97 bits per heavy atom. The van der Waals surface area contributed by atoms with E-state index < -0.39 is 5.60 Å². The van der Waals surface area contributed by atoms with Crippen LogP contribution >= 0.6 is 0 Å². The van der Waals surface area contributed by atoms with Gasteiger partial charge in [-0.15, -0.1) is 9.78 Å². The minimum absolute atomic E-state index is 0.0487. The minimum atomic E-state index is -0.575. The van der Waals surface area contributed by atoms with Gasteiger partial charge in [0.05, 0.1) is 11.0 Å². The number of para-hydroxylation sites is 2. The van der Waals surface area contributed by atoms with E-state index in [1.54, 1.807) is 22.4 Å². The van der Waals surface area contributed by atoms with E-state index in [1.807, 2.05) is 44.3 Å². The van der Waals surface area contributed by atoms with Gasteiger partial charge in [0.2, 0.25) is 6.19 Å². The van der Waals surface area contributed by atoms with Gasteiger partial charge in [-0.25, -0.2) is 4.98 Å². The number of aromatic nitrogens is 6. The number of hydrogen-bond donors (Lipinski definition) is 0. The third-order valence-electron chi connectivity index (χ3n) is 5.62. The molecule has 0 spiro atoms. The molecule has 9 nitrogen and oxygen atoms in total. The molecule has 3 aromatic heterocycles. The zero-order chi connectivity index (χ0) is 20.3. The van der Waals surface area contributed by atoms with E-state index in [1.165, 1.54) is 0 Å². The molecule has 1 aliphatic carbocycles. The molecule has 0 bridgehead atoms. The van der Waals surface area contributed by atoms with Crippen molar-refractivity contribution in [3.8, 4) is 17.6 Å². The first-order valence-corrected chi connectivity index (χ1v) is 9.44. The van der Waals surface area contributed by atoms with Crippen molar-refractivity contribution in [1.29, 1.82) is 5.26 Å². The van der Waals surface area contributed by atoms with Crippen molar-refractivity contribution in [2.45, 2.75) is 38.3 Å². The molecule has 0 atom stereocenters. The van der Waals surface area contributed by atoms with Crippen molar-refractivity contribution in [2.75, 3.05) is 7.11 Å². The highest BCUT2D eigenvalue weighted by Crippen LogP contribution is 2.50. The van der Waals surface area contributed by atoms with Crippen LogP contribution in [0.2, 0.25) is 0 Å². The van der Waals surface area contributed by atoms with Crippen molar-refractivity contribution in [3.05, 3.63) is 46.6 Å². The van der Waals surface area contributed by atoms with Crippen LogP contribution in [0.4, 0.5) is 0 Å². The Bertz CT molecular complexity index is 1370. The lowest BCUT2D eigenvalue weighted by molar-refractivity contribution is 0.0755. The number of rotatable bonds is 4. The Morgan fingerprint density at radius 3 is 2.59 bits per heavy atom. The summed E-state index contributed by atoms with van der Waals surface area (Å²) in [5.41, 5.74) is 2.68. The number of ether oxygens (including phenoxy) is 1. The lowest BCUT2D eigenvalue weighted by Gasteiger charge is -2.16. The highest BCUT2D eigenvalue weighted by molar-refractivity contribution is 5.85. The number of methoxy groups -OCH3 is 1. The van der Waals surface area contributed by atoms with E-state index >= 15 is 0 Å². The van der Waals surface area contributed by atoms with E-state index in [2.05, 4.69) is 15.3 Å². The van der Waals surface area contributed by atoms with E-state index in [9.17, 15) is 10.1 Å². The van der Waals surface area contributed by atoms with Gasteiger partial charge in [-0.3, -0.25) is 9.20 Å². The Hall–Kier alpha value is -3.51.